The molecule has 0 amide bonds. The van der Waals surface area contributed by atoms with Crippen LogP contribution in [0.2, 0.25) is 0 Å². The molecule has 2 aromatic carbocycles. The lowest BCUT2D eigenvalue weighted by molar-refractivity contribution is 0.0697. The van der Waals surface area contributed by atoms with Crippen LogP contribution in [0.4, 0.5) is 0 Å². The maximum absolute atomic E-state index is 11.0. The van der Waals surface area contributed by atoms with E-state index < -0.39 is 5.97 Å². The van der Waals surface area contributed by atoms with Crippen LogP contribution < -0.4 is 0 Å². The maximum Gasteiger partial charge on any atom is 0.335 e. The van der Waals surface area contributed by atoms with Crippen LogP contribution in [-0.4, -0.2) is 11.1 Å². The van der Waals surface area contributed by atoms with Gasteiger partial charge in [0, 0.05) is 0 Å². The summed E-state index contributed by atoms with van der Waals surface area (Å²) in [5.74, 6) is -0.890. The maximum atomic E-state index is 11.0. The first-order valence-electron chi connectivity index (χ1n) is 5.90. The van der Waals surface area contributed by atoms with Gasteiger partial charge in [-0.1, -0.05) is 29.8 Å². The Morgan fingerprint density at radius 3 is 2.17 bits per heavy atom. The molecule has 0 aliphatic heterocycles. The molecule has 0 heterocycles. The predicted molar refractivity (Wildman–Crippen MR) is 73.0 cm³/mol. The zero-order valence-electron chi connectivity index (χ0n) is 10.8. The highest BCUT2D eigenvalue weighted by atomic mass is 16.4. The average molecular weight is 240 g/mol. The molecular weight excluding hydrogens is 224 g/mol. The number of benzene rings is 2. The van der Waals surface area contributed by atoms with Crippen LogP contribution in [0, 0.1) is 20.8 Å². The first-order valence-corrected chi connectivity index (χ1v) is 5.90. The summed E-state index contributed by atoms with van der Waals surface area (Å²) in [5, 5.41) is 9.04. The van der Waals surface area contributed by atoms with Crippen molar-refractivity contribution in [3.05, 3.63) is 58.7 Å². The fourth-order valence-electron chi connectivity index (χ4n) is 2.44. The van der Waals surface area contributed by atoms with E-state index in [0.29, 0.717) is 5.56 Å². The molecule has 0 saturated heterocycles. The second-order valence-electron chi connectivity index (χ2n) is 4.66. The Morgan fingerprint density at radius 2 is 1.61 bits per heavy atom. The van der Waals surface area contributed by atoms with Gasteiger partial charge in [-0.2, -0.15) is 0 Å². The number of aromatic carboxylic acids is 1. The molecule has 0 unspecified atom stereocenters. The average Bonchev–Trinajstić information content (AvgIpc) is 2.28. The SMILES string of the molecule is Cc1cc(C)c(-c2cccc(C(=O)O)c2)c(C)c1. The normalized spacial score (nSPS) is 10.4. The predicted octanol–water partition coefficient (Wildman–Crippen LogP) is 3.98. The molecule has 1 N–H and O–H groups in total. The van der Waals surface area contributed by atoms with Gasteiger partial charge in [-0.05, 0) is 55.2 Å². The second-order valence-corrected chi connectivity index (χ2v) is 4.66. The molecule has 2 rings (SSSR count). The van der Waals surface area contributed by atoms with Crippen molar-refractivity contribution in [3.8, 4) is 11.1 Å². The number of carboxylic acid groups (broad SMARTS) is 1. The Balaban J connectivity index is 2.62. The molecule has 0 atom stereocenters. The third-order valence-electron chi connectivity index (χ3n) is 3.08. The van der Waals surface area contributed by atoms with Gasteiger partial charge >= 0.3 is 5.97 Å². The molecule has 0 aliphatic carbocycles. The van der Waals surface area contributed by atoms with E-state index in [2.05, 4.69) is 32.9 Å². The number of carbonyl (C=O) groups is 1. The third-order valence-corrected chi connectivity index (χ3v) is 3.08. The van der Waals surface area contributed by atoms with Gasteiger partial charge in [-0.3, -0.25) is 0 Å². The molecule has 0 spiro atoms. The number of aryl methyl sites for hydroxylation is 3. The van der Waals surface area contributed by atoms with Gasteiger partial charge in [0.05, 0.1) is 5.56 Å². The van der Waals surface area contributed by atoms with E-state index >= 15 is 0 Å². The molecule has 0 fully saturated rings. The largest absolute Gasteiger partial charge is 0.478 e. The number of rotatable bonds is 2. The van der Waals surface area contributed by atoms with E-state index in [9.17, 15) is 4.79 Å². The number of hydrogen-bond donors (Lipinski definition) is 1. The fourth-order valence-corrected chi connectivity index (χ4v) is 2.44. The van der Waals surface area contributed by atoms with Crippen molar-refractivity contribution in [1.82, 2.24) is 0 Å². The van der Waals surface area contributed by atoms with Crippen molar-refractivity contribution in [2.75, 3.05) is 0 Å². The number of carboxylic acids is 1. The van der Waals surface area contributed by atoms with Gasteiger partial charge in [-0.25, -0.2) is 4.79 Å². The van der Waals surface area contributed by atoms with Gasteiger partial charge in [0.15, 0.2) is 0 Å². The number of hydrogen-bond acceptors (Lipinski definition) is 1. The molecule has 0 saturated carbocycles. The fraction of sp³-hybridized carbons (Fsp3) is 0.188. The van der Waals surface area contributed by atoms with Crippen LogP contribution in [0.25, 0.3) is 11.1 Å². The lowest BCUT2D eigenvalue weighted by atomic mass is 9.93. The topological polar surface area (TPSA) is 37.3 Å². The summed E-state index contributed by atoms with van der Waals surface area (Å²) in [6.45, 7) is 6.18. The zero-order chi connectivity index (χ0) is 13.3. The summed E-state index contributed by atoms with van der Waals surface area (Å²) in [7, 11) is 0. The van der Waals surface area contributed by atoms with E-state index in [0.717, 1.165) is 11.1 Å². The standard InChI is InChI=1S/C16H16O2/c1-10-7-11(2)15(12(3)8-10)13-5-4-6-14(9-13)16(17)18/h4-9H,1-3H3,(H,17,18). The zero-order valence-corrected chi connectivity index (χ0v) is 10.8. The second kappa shape index (κ2) is 4.65. The molecule has 0 bridgehead atoms. The molecule has 0 radical (unpaired) electrons. The molecule has 92 valence electrons. The Kier molecular flexibility index (Phi) is 3.19. The first kappa shape index (κ1) is 12.4. The minimum Gasteiger partial charge on any atom is -0.478 e. The Bertz CT molecular complexity index is 589. The Labute approximate surface area is 107 Å². The van der Waals surface area contributed by atoms with Crippen LogP contribution >= 0.6 is 0 Å². The van der Waals surface area contributed by atoms with E-state index in [1.807, 2.05) is 6.07 Å². The molecule has 0 aliphatic rings. The van der Waals surface area contributed by atoms with Crippen molar-refractivity contribution in [1.29, 1.82) is 0 Å². The van der Waals surface area contributed by atoms with Crippen LogP contribution in [0.1, 0.15) is 27.0 Å². The highest BCUT2D eigenvalue weighted by Crippen LogP contribution is 2.28. The lowest BCUT2D eigenvalue weighted by Gasteiger charge is -2.12. The quantitative estimate of drug-likeness (QED) is 0.862. The molecule has 18 heavy (non-hydrogen) atoms. The molecule has 2 aromatic rings. The van der Waals surface area contributed by atoms with Gasteiger partial charge in [0.2, 0.25) is 0 Å². The highest BCUT2D eigenvalue weighted by Gasteiger charge is 2.09. The summed E-state index contributed by atoms with van der Waals surface area (Å²) < 4.78 is 0. The molecule has 2 heteroatoms. The van der Waals surface area contributed by atoms with E-state index in [1.165, 1.54) is 16.7 Å². The summed E-state index contributed by atoms with van der Waals surface area (Å²) in [4.78, 5) is 11.0. The lowest BCUT2D eigenvalue weighted by Crippen LogP contribution is -1.97. The summed E-state index contributed by atoms with van der Waals surface area (Å²) >= 11 is 0. The van der Waals surface area contributed by atoms with Crippen molar-refractivity contribution in [2.24, 2.45) is 0 Å². The van der Waals surface area contributed by atoms with Crippen molar-refractivity contribution in [2.45, 2.75) is 20.8 Å². The minimum atomic E-state index is -0.890. The third kappa shape index (κ3) is 2.28. The smallest absolute Gasteiger partial charge is 0.335 e. The summed E-state index contributed by atoms with van der Waals surface area (Å²) in [5.41, 5.74) is 5.99. The summed E-state index contributed by atoms with van der Waals surface area (Å²) in [6.07, 6.45) is 0. The Morgan fingerprint density at radius 1 is 1.00 bits per heavy atom. The minimum absolute atomic E-state index is 0.326. The monoisotopic (exact) mass is 240 g/mol. The van der Waals surface area contributed by atoms with Crippen molar-refractivity contribution < 1.29 is 9.90 Å². The van der Waals surface area contributed by atoms with Gasteiger partial charge in [0.25, 0.3) is 0 Å². The first-order chi connectivity index (χ1) is 8.49. The van der Waals surface area contributed by atoms with Crippen molar-refractivity contribution in [3.63, 3.8) is 0 Å². The van der Waals surface area contributed by atoms with E-state index in [-0.39, 0.29) is 0 Å². The Hall–Kier alpha value is -2.09. The molecular formula is C16H16O2. The van der Waals surface area contributed by atoms with Crippen LogP contribution in [0.15, 0.2) is 36.4 Å². The van der Waals surface area contributed by atoms with Crippen LogP contribution in [-0.2, 0) is 0 Å². The van der Waals surface area contributed by atoms with Crippen LogP contribution in [0.5, 0.6) is 0 Å². The van der Waals surface area contributed by atoms with E-state index in [1.54, 1.807) is 18.2 Å². The van der Waals surface area contributed by atoms with Gasteiger partial charge in [-0.15, -0.1) is 0 Å². The van der Waals surface area contributed by atoms with Crippen molar-refractivity contribution >= 4 is 5.97 Å². The summed E-state index contributed by atoms with van der Waals surface area (Å²) in [6, 6.07) is 11.3. The van der Waals surface area contributed by atoms with Gasteiger partial charge in [0.1, 0.15) is 0 Å². The highest BCUT2D eigenvalue weighted by molar-refractivity contribution is 5.89. The van der Waals surface area contributed by atoms with E-state index in [4.69, 9.17) is 5.11 Å². The van der Waals surface area contributed by atoms with Crippen LogP contribution in [0.3, 0.4) is 0 Å². The molecule has 2 nitrogen and oxygen atoms in total. The molecule has 0 aromatic heterocycles. The van der Waals surface area contributed by atoms with Gasteiger partial charge < -0.3 is 5.11 Å².